The normalized spacial score (nSPS) is 10.3. The highest BCUT2D eigenvalue weighted by Crippen LogP contribution is 2.23. The summed E-state index contributed by atoms with van der Waals surface area (Å²) in [5, 5.41) is 3.26. The smallest absolute Gasteiger partial charge is 0.234 e. The average molecular weight is 372 g/mol. The van der Waals surface area contributed by atoms with Gasteiger partial charge in [-0.25, -0.2) is 0 Å². The summed E-state index contributed by atoms with van der Waals surface area (Å²) < 4.78 is 1.02. The maximum Gasteiger partial charge on any atom is 0.234 e. The van der Waals surface area contributed by atoms with Crippen LogP contribution < -0.4 is 11.1 Å². The second kappa shape index (κ2) is 7.02. The first-order valence-electron chi connectivity index (χ1n) is 5.78. The Morgan fingerprint density at radius 3 is 2.60 bits per heavy atom. The van der Waals surface area contributed by atoms with Crippen LogP contribution in [0.15, 0.2) is 51.8 Å². The molecule has 6 heteroatoms. The van der Waals surface area contributed by atoms with Crippen molar-refractivity contribution in [2.45, 2.75) is 4.90 Å². The molecule has 2 aromatic rings. The molecule has 3 nitrogen and oxygen atoms in total. The SMILES string of the molecule is Nc1cc(NC(=O)CSc2ccc(Br)cc2)ccc1Cl. The van der Waals surface area contributed by atoms with Crippen molar-refractivity contribution in [1.29, 1.82) is 0 Å². The van der Waals surface area contributed by atoms with Crippen LogP contribution in [0.3, 0.4) is 0 Å². The molecule has 0 radical (unpaired) electrons. The van der Waals surface area contributed by atoms with Gasteiger partial charge in [-0.2, -0.15) is 0 Å². The minimum Gasteiger partial charge on any atom is -0.397 e. The largest absolute Gasteiger partial charge is 0.397 e. The highest BCUT2D eigenvalue weighted by atomic mass is 79.9. The van der Waals surface area contributed by atoms with Crippen molar-refractivity contribution in [3.8, 4) is 0 Å². The number of nitrogens with two attached hydrogens (primary N) is 1. The zero-order valence-electron chi connectivity index (χ0n) is 10.4. The maximum absolute atomic E-state index is 11.8. The number of nitrogens with one attached hydrogen (secondary N) is 1. The lowest BCUT2D eigenvalue weighted by atomic mass is 10.3. The monoisotopic (exact) mass is 370 g/mol. The Morgan fingerprint density at radius 2 is 1.95 bits per heavy atom. The molecule has 0 bridgehead atoms. The minimum absolute atomic E-state index is 0.0837. The number of carbonyl (C=O) groups excluding carboxylic acids is 1. The van der Waals surface area contributed by atoms with Crippen LogP contribution in [0.25, 0.3) is 0 Å². The van der Waals surface area contributed by atoms with Crippen LogP contribution >= 0.6 is 39.3 Å². The van der Waals surface area contributed by atoms with Crippen LogP contribution in [-0.4, -0.2) is 11.7 Å². The lowest BCUT2D eigenvalue weighted by molar-refractivity contribution is -0.113. The fraction of sp³-hybridized carbons (Fsp3) is 0.0714. The van der Waals surface area contributed by atoms with Gasteiger partial charge in [0.25, 0.3) is 0 Å². The number of hydrogen-bond donors (Lipinski definition) is 2. The molecular weight excluding hydrogens is 360 g/mol. The van der Waals surface area contributed by atoms with Gasteiger partial charge < -0.3 is 11.1 Å². The number of rotatable bonds is 4. The number of thioether (sulfide) groups is 1. The van der Waals surface area contributed by atoms with Gasteiger partial charge in [-0.05, 0) is 42.5 Å². The van der Waals surface area contributed by atoms with Crippen LogP contribution in [0.1, 0.15) is 0 Å². The lowest BCUT2D eigenvalue weighted by Crippen LogP contribution is -2.14. The van der Waals surface area contributed by atoms with Crippen LogP contribution in [0.2, 0.25) is 5.02 Å². The molecule has 0 aliphatic rings. The molecule has 0 spiro atoms. The third-order valence-electron chi connectivity index (χ3n) is 2.46. The van der Waals surface area contributed by atoms with Crippen molar-refractivity contribution >= 4 is 56.6 Å². The van der Waals surface area contributed by atoms with E-state index in [1.165, 1.54) is 11.8 Å². The Labute approximate surface area is 135 Å². The van der Waals surface area contributed by atoms with Crippen molar-refractivity contribution < 1.29 is 4.79 Å². The summed E-state index contributed by atoms with van der Waals surface area (Å²) in [6.07, 6.45) is 0. The van der Waals surface area contributed by atoms with E-state index >= 15 is 0 Å². The number of benzene rings is 2. The van der Waals surface area contributed by atoms with Crippen LogP contribution in [0, 0.1) is 0 Å². The summed E-state index contributed by atoms with van der Waals surface area (Å²) in [6, 6.07) is 12.8. The van der Waals surface area contributed by atoms with E-state index < -0.39 is 0 Å². The Hall–Kier alpha value is -1.17. The van der Waals surface area contributed by atoms with Crippen molar-refractivity contribution in [3.63, 3.8) is 0 Å². The Bertz CT molecular complexity index is 619. The summed E-state index contributed by atoms with van der Waals surface area (Å²) >= 11 is 10.7. The first-order chi connectivity index (χ1) is 9.54. The molecule has 0 unspecified atom stereocenters. The van der Waals surface area contributed by atoms with E-state index in [1.807, 2.05) is 24.3 Å². The number of halogens is 2. The summed E-state index contributed by atoms with van der Waals surface area (Å²) in [4.78, 5) is 12.9. The van der Waals surface area contributed by atoms with Crippen LogP contribution in [-0.2, 0) is 4.79 Å². The fourth-order valence-electron chi connectivity index (χ4n) is 1.50. The second-order valence-electron chi connectivity index (χ2n) is 4.03. The van der Waals surface area contributed by atoms with E-state index in [0.29, 0.717) is 22.2 Å². The molecule has 0 aliphatic carbocycles. The number of anilines is 2. The summed E-state index contributed by atoms with van der Waals surface area (Å²) in [7, 11) is 0. The topological polar surface area (TPSA) is 55.1 Å². The molecule has 0 aromatic heterocycles. The lowest BCUT2D eigenvalue weighted by Gasteiger charge is -2.07. The molecule has 0 aliphatic heterocycles. The van der Waals surface area contributed by atoms with Crippen molar-refractivity contribution in [2.24, 2.45) is 0 Å². The number of nitrogen functional groups attached to an aromatic ring is 1. The van der Waals surface area contributed by atoms with Crippen molar-refractivity contribution in [3.05, 3.63) is 52.0 Å². The second-order valence-corrected chi connectivity index (χ2v) is 6.40. The van der Waals surface area contributed by atoms with E-state index in [1.54, 1.807) is 18.2 Å². The average Bonchev–Trinajstić information content (AvgIpc) is 2.42. The van der Waals surface area contributed by atoms with E-state index in [2.05, 4.69) is 21.2 Å². The van der Waals surface area contributed by atoms with Gasteiger partial charge in [0.15, 0.2) is 0 Å². The predicted molar refractivity (Wildman–Crippen MR) is 89.4 cm³/mol. The van der Waals surface area contributed by atoms with Gasteiger partial charge in [0.1, 0.15) is 0 Å². The Morgan fingerprint density at radius 1 is 1.25 bits per heavy atom. The summed E-state index contributed by atoms with van der Waals surface area (Å²) in [5.41, 5.74) is 6.78. The molecular formula is C14H12BrClN2OS. The van der Waals surface area contributed by atoms with Crippen molar-refractivity contribution in [2.75, 3.05) is 16.8 Å². The number of amides is 1. The molecule has 2 aromatic carbocycles. The number of hydrogen-bond acceptors (Lipinski definition) is 3. The van der Waals surface area contributed by atoms with Gasteiger partial charge >= 0.3 is 0 Å². The van der Waals surface area contributed by atoms with Gasteiger partial charge in [0.2, 0.25) is 5.91 Å². The van der Waals surface area contributed by atoms with Gasteiger partial charge in [0, 0.05) is 15.1 Å². The van der Waals surface area contributed by atoms with Crippen molar-refractivity contribution in [1.82, 2.24) is 0 Å². The number of carbonyl (C=O) groups is 1. The zero-order valence-corrected chi connectivity index (χ0v) is 13.6. The third-order valence-corrected chi connectivity index (χ3v) is 4.35. The van der Waals surface area contributed by atoms with E-state index in [0.717, 1.165) is 9.37 Å². The van der Waals surface area contributed by atoms with Gasteiger partial charge in [-0.15, -0.1) is 11.8 Å². The molecule has 0 atom stereocenters. The molecule has 0 saturated carbocycles. The molecule has 0 heterocycles. The molecule has 0 saturated heterocycles. The van der Waals surface area contributed by atoms with Crippen LogP contribution in [0.5, 0.6) is 0 Å². The van der Waals surface area contributed by atoms with E-state index in [4.69, 9.17) is 17.3 Å². The minimum atomic E-state index is -0.0837. The Balaban J connectivity index is 1.89. The molecule has 3 N–H and O–H groups in total. The first-order valence-corrected chi connectivity index (χ1v) is 7.93. The predicted octanol–water partition coefficient (Wildman–Crippen LogP) is 4.42. The van der Waals surface area contributed by atoms with Gasteiger partial charge in [-0.1, -0.05) is 27.5 Å². The highest BCUT2D eigenvalue weighted by molar-refractivity contribution is 9.10. The molecule has 2 rings (SSSR count). The quantitative estimate of drug-likeness (QED) is 0.618. The van der Waals surface area contributed by atoms with E-state index in [-0.39, 0.29) is 5.91 Å². The molecule has 104 valence electrons. The molecule has 1 amide bonds. The third kappa shape index (κ3) is 4.44. The maximum atomic E-state index is 11.8. The first kappa shape index (κ1) is 15.2. The zero-order chi connectivity index (χ0) is 14.5. The fourth-order valence-corrected chi connectivity index (χ4v) is 2.58. The highest BCUT2D eigenvalue weighted by Gasteiger charge is 2.05. The van der Waals surface area contributed by atoms with Gasteiger partial charge in [0.05, 0.1) is 16.5 Å². The summed E-state index contributed by atoms with van der Waals surface area (Å²) in [5.74, 6) is 0.254. The van der Waals surface area contributed by atoms with Gasteiger partial charge in [-0.3, -0.25) is 4.79 Å². The summed E-state index contributed by atoms with van der Waals surface area (Å²) in [6.45, 7) is 0. The van der Waals surface area contributed by atoms with E-state index in [9.17, 15) is 4.79 Å². The standard InChI is InChI=1S/C14H12BrClN2OS/c15-9-1-4-11(5-2-9)20-8-14(19)18-10-3-6-12(16)13(17)7-10/h1-7H,8,17H2,(H,18,19). The Kier molecular flexibility index (Phi) is 5.34. The van der Waals surface area contributed by atoms with Crippen LogP contribution in [0.4, 0.5) is 11.4 Å². The molecule has 0 fully saturated rings. The molecule has 20 heavy (non-hydrogen) atoms.